The first-order valence-corrected chi connectivity index (χ1v) is 11.1. The number of aryl methyl sites for hydroxylation is 1. The van der Waals surface area contributed by atoms with Crippen molar-refractivity contribution in [2.75, 3.05) is 0 Å². The van der Waals surface area contributed by atoms with Crippen LogP contribution in [-0.2, 0) is 12.0 Å². The van der Waals surface area contributed by atoms with Crippen molar-refractivity contribution in [2.45, 2.75) is 44.9 Å². The normalized spacial score (nSPS) is 12.6. The molecule has 0 aliphatic rings. The van der Waals surface area contributed by atoms with E-state index in [1.54, 1.807) is 18.6 Å². The highest BCUT2D eigenvalue weighted by Gasteiger charge is 2.21. The molecule has 3 aromatic rings. The molecule has 0 bridgehead atoms. The van der Waals surface area contributed by atoms with Crippen LogP contribution < -0.4 is 4.74 Å². The first kappa shape index (κ1) is 21.7. The van der Waals surface area contributed by atoms with Crippen LogP contribution in [0.3, 0.4) is 0 Å². The van der Waals surface area contributed by atoms with E-state index in [2.05, 4.69) is 66.0 Å². The quantitative estimate of drug-likeness (QED) is 0.377. The van der Waals surface area contributed by atoms with Gasteiger partial charge in [-0.15, -0.1) is 0 Å². The van der Waals surface area contributed by atoms with Gasteiger partial charge in [-0.1, -0.05) is 61.0 Å². The number of rotatable bonds is 5. The Morgan fingerprint density at radius 2 is 1.93 bits per heavy atom. The van der Waals surface area contributed by atoms with Crippen LogP contribution in [0, 0.1) is 6.92 Å². The predicted octanol–water partition coefficient (Wildman–Crippen LogP) is 6.93. The van der Waals surface area contributed by atoms with Crippen molar-refractivity contribution in [1.29, 1.82) is 0 Å². The number of benzene rings is 2. The van der Waals surface area contributed by atoms with Gasteiger partial charge in [-0.3, -0.25) is 0 Å². The monoisotopic (exact) mass is 472 g/mol. The van der Waals surface area contributed by atoms with Crippen LogP contribution in [0.25, 0.3) is 0 Å². The van der Waals surface area contributed by atoms with Crippen LogP contribution in [0.2, 0.25) is 0 Å². The Hall–Kier alpha value is -2.05. The molecule has 2 aromatic carbocycles. The number of hydrogen-bond acceptors (Lipinski definition) is 4. The lowest BCUT2D eigenvalue weighted by Gasteiger charge is -2.21. The Balaban J connectivity index is 1.77. The SMILES string of the molecule is Cc1cc(OC(=O)SC(Cn2ccnc2)c2ccc(C(C)(C)C)cc2)ccc1Br. The highest BCUT2D eigenvalue weighted by atomic mass is 79.9. The minimum Gasteiger partial charge on any atom is -0.418 e. The van der Waals surface area contributed by atoms with Crippen molar-refractivity contribution >= 4 is 33.0 Å². The molecule has 1 heterocycles. The van der Waals surface area contributed by atoms with E-state index in [0.29, 0.717) is 12.3 Å². The van der Waals surface area contributed by atoms with Gasteiger partial charge in [0, 0.05) is 23.4 Å². The van der Waals surface area contributed by atoms with Crippen LogP contribution >= 0.6 is 27.7 Å². The largest absolute Gasteiger partial charge is 0.418 e. The third-order valence-electron chi connectivity index (χ3n) is 4.65. The smallest absolute Gasteiger partial charge is 0.373 e. The fourth-order valence-electron chi connectivity index (χ4n) is 2.91. The van der Waals surface area contributed by atoms with E-state index in [-0.39, 0.29) is 16.0 Å². The molecule has 0 fully saturated rings. The highest BCUT2D eigenvalue weighted by Crippen LogP contribution is 2.34. The van der Waals surface area contributed by atoms with E-state index in [4.69, 9.17) is 4.74 Å². The molecule has 0 aliphatic carbocycles. The summed E-state index contributed by atoms with van der Waals surface area (Å²) in [4.78, 5) is 16.8. The lowest BCUT2D eigenvalue weighted by Crippen LogP contribution is -2.13. The molecule has 1 aromatic heterocycles. The van der Waals surface area contributed by atoms with Gasteiger partial charge >= 0.3 is 5.30 Å². The zero-order valence-corrected chi connectivity index (χ0v) is 19.5. The molecule has 0 amide bonds. The van der Waals surface area contributed by atoms with E-state index in [1.807, 2.05) is 29.8 Å². The molecule has 0 saturated carbocycles. The van der Waals surface area contributed by atoms with Crippen molar-refractivity contribution in [2.24, 2.45) is 0 Å². The maximum absolute atomic E-state index is 12.7. The summed E-state index contributed by atoms with van der Waals surface area (Å²) in [5.74, 6) is 0.549. The number of ether oxygens (including phenoxy) is 1. The van der Waals surface area contributed by atoms with Crippen LogP contribution in [0.1, 0.15) is 42.7 Å². The van der Waals surface area contributed by atoms with Gasteiger partial charge in [0.05, 0.1) is 11.6 Å². The maximum atomic E-state index is 12.7. The van der Waals surface area contributed by atoms with Crippen molar-refractivity contribution < 1.29 is 9.53 Å². The summed E-state index contributed by atoms with van der Waals surface area (Å²) in [6.45, 7) is 9.17. The third kappa shape index (κ3) is 5.97. The Bertz CT molecular complexity index is 964. The lowest BCUT2D eigenvalue weighted by atomic mass is 9.86. The second-order valence-corrected chi connectivity index (χ2v) is 9.99. The number of carbonyl (C=O) groups is 1. The Kier molecular flexibility index (Phi) is 6.85. The van der Waals surface area contributed by atoms with Gasteiger partial charge in [0.1, 0.15) is 5.75 Å². The van der Waals surface area contributed by atoms with E-state index in [1.165, 1.54) is 17.3 Å². The van der Waals surface area contributed by atoms with Crippen molar-refractivity contribution in [3.63, 3.8) is 0 Å². The van der Waals surface area contributed by atoms with Crippen molar-refractivity contribution in [3.05, 3.63) is 82.3 Å². The lowest BCUT2D eigenvalue weighted by molar-refractivity contribution is 0.227. The first-order chi connectivity index (χ1) is 13.7. The fraction of sp³-hybridized carbons (Fsp3) is 0.304. The van der Waals surface area contributed by atoms with Crippen LogP contribution in [0.4, 0.5) is 4.79 Å². The van der Waals surface area contributed by atoms with Crippen molar-refractivity contribution in [3.8, 4) is 5.75 Å². The van der Waals surface area contributed by atoms with Gasteiger partial charge in [-0.05, 0) is 59.0 Å². The second-order valence-electron chi connectivity index (χ2n) is 8.00. The Labute approximate surface area is 184 Å². The molecule has 0 radical (unpaired) electrons. The average molecular weight is 473 g/mol. The predicted molar refractivity (Wildman–Crippen MR) is 123 cm³/mol. The zero-order chi connectivity index (χ0) is 21.0. The van der Waals surface area contributed by atoms with E-state index in [9.17, 15) is 4.79 Å². The number of aromatic nitrogens is 2. The highest BCUT2D eigenvalue weighted by molar-refractivity contribution is 9.10. The molecule has 1 atom stereocenters. The zero-order valence-electron chi connectivity index (χ0n) is 17.1. The van der Waals surface area contributed by atoms with Crippen LogP contribution in [0.15, 0.2) is 65.7 Å². The van der Waals surface area contributed by atoms with E-state index < -0.39 is 0 Å². The minimum atomic E-state index is -0.322. The van der Waals surface area contributed by atoms with Gasteiger partial charge < -0.3 is 9.30 Å². The van der Waals surface area contributed by atoms with E-state index in [0.717, 1.165) is 15.6 Å². The molecule has 3 rings (SSSR count). The van der Waals surface area contributed by atoms with Gasteiger partial charge in [-0.25, -0.2) is 9.78 Å². The number of thioether (sulfide) groups is 1. The fourth-order valence-corrected chi connectivity index (χ4v) is 4.07. The minimum absolute atomic E-state index is 0.0812. The molecule has 152 valence electrons. The molecular weight excluding hydrogens is 448 g/mol. The summed E-state index contributed by atoms with van der Waals surface area (Å²) in [6, 6.07) is 14.0. The molecule has 0 aliphatic heterocycles. The van der Waals surface area contributed by atoms with Crippen LogP contribution in [0.5, 0.6) is 5.75 Å². The molecule has 0 N–H and O–H groups in total. The number of hydrogen-bond donors (Lipinski definition) is 0. The first-order valence-electron chi connectivity index (χ1n) is 9.43. The molecule has 0 spiro atoms. The van der Waals surface area contributed by atoms with Crippen molar-refractivity contribution in [1.82, 2.24) is 9.55 Å². The number of nitrogens with zero attached hydrogens (tertiary/aromatic N) is 2. The topological polar surface area (TPSA) is 44.1 Å². The summed E-state index contributed by atoms with van der Waals surface area (Å²) in [5.41, 5.74) is 3.46. The molecular formula is C23H25BrN2O2S. The summed E-state index contributed by atoms with van der Waals surface area (Å²) in [6.07, 6.45) is 5.41. The molecule has 4 nitrogen and oxygen atoms in total. The molecule has 6 heteroatoms. The average Bonchev–Trinajstić information content (AvgIpc) is 3.17. The van der Waals surface area contributed by atoms with Crippen LogP contribution in [-0.4, -0.2) is 14.9 Å². The second kappa shape index (κ2) is 9.18. The standard InChI is InChI=1S/C23H25BrN2O2S/c1-16-13-19(9-10-20(16)24)28-22(27)29-21(14-26-12-11-25-15-26)17-5-7-18(8-6-17)23(2,3)4/h5-13,15,21H,14H2,1-4H3. The number of imidazole rings is 1. The van der Waals surface area contributed by atoms with Gasteiger partial charge in [0.25, 0.3) is 0 Å². The molecule has 1 unspecified atom stereocenters. The summed E-state index contributed by atoms with van der Waals surface area (Å²) in [5, 5.41) is -0.404. The molecule has 29 heavy (non-hydrogen) atoms. The Morgan fingerprint density at radius 1 is 1.21 bits per heavy atom. The summed E-state index contributed by atoms with van der Waals surface area (Å²) in [7, 11) is 0. The summed E-state index contributed by atoms with van der Waals surface area (Å²) >= 11 is 4.66. The van der Waals surface area contributed by atoms with Gasteiger partial charge in [0.15, 0.2) is 0 Å². The third-order valence-corrected chi connectivity index (χ3v) is 6.52. The maximum Gasteiger partial charge on any atom is 0.373 e. The Morgan fingerprint density at radius 3 is 2.52 bits per heavy atom. The number of carbonyl (C=O) groups excluding carboxylic acids is 1. The van der Waals surface area contributed by atoms with Gasteiger partial charge in [-0.2, -0.15) is 0 Å². The summed E-state index contributed by atoms with van der Waals surface area (Å²) < 4.78 is 8.54. The number of halogens is 1. The van der Waals surface area contributed by atoms with Gasteiger partial charge in [0.2, 0.25) is 0 Å². The van der Waals surface area contributed by atoms with E-state index >= 15 is 0 Å². The molecule has 0 saturated heterocycles.